The van der Waals surface area contributed by atoms with Crippen LogP contribution in [0, 0.1) is 16.7 Å². The Hall–Kier alpha value is -1.06. The molecule has 2 atom stereocenters. The Bertz CT molecular complexity index is 391. The average molecular weight is 312 g/mol. The fraction of sp³-hybridized carbons (Fsp3) is 0.889. The van der Waals surface area contributed by atoms with Gasteiger partial charge in [0, 0.05) is 0 Å². The Morgan fingerprint density at radius 1 is 0.955 bits per heavy atom. The summed E-state index contributed by atoms with van der Waals surface area (Å²) in [5.41, 5.74) is -2.17. The van der Waals surface area contributed by atoms with Gasteiger partial charge in [-0.25, -0.2) is 0 Å². The lowest BCUT2D eigenvalue weighted by atomic mass is 9.53. The van der Waals surface area contributed by atoms with Crippen molar-refractivity contribution in [3.05, 3.63) is 0 Å². The number of carboxylic acid groups (broad SMARTS) is 2. The normalized spacial score (nSPS) is 28.7. The molecule has 2 unspecified atom stereocenters. The molecule has 0 radical (unpaired) electrons. The zero-order valence-electron chi connectivity index (χ0n) is 14.4. The fourth-order valence-electron chi connectivity index (χ4n) is 4.25. The van der Waals surface area contributed by atoms with Gasteiger partial charge in [0.1, 0.15) is 0 Å². The number of hydrogen-bond acceptors (Lipinski definition) is 2. The Balaban J connectivity index is 2.87. The van der Waals surface area contributed by atoms with E-state index in [1.165, 1.54) is 0 Å². The number of unbranched alkanes of at least 4 members (excludes halogenated alkanes) is 2. The van der Waals surface area contributed by atoms with E-state index in [1.54, 1.807) is 0 Å². The van der Waals surface area contributed by atoms with Crippen molar-refractivity contribution in [1.82, 2.24) is 0 Å². The molecule has 0 spiro atoms. The fourth-order valence-corrected chi connectivity index (χ4v) is 4.25. The van der Waals surface area contributed by atoms with Crippen LogP contribution in [0.15, 0.2) is 0 Å². The molecule has 2 N–H and O–H groups in total. The summed E-state index contributed by atoms with van der Waals surface area (Å²) in [6.45, 7) is 6.20. The highest BCUT2D eigenvalue weighted by atomic mass is 16.4. The second kappa shape index (κ2) is 7.98. The molecule has 4 heteroatoms. The Kier molecular flexibility index (Phi) is 6.89. The molecule has 1 fully saturated rings. The van der Waals surface area contributed by atoms with E-state index in [1.807, 2.05) is 6.92 Å². The van der Waals surface area contributed by atoms with E-state index in [0.29, 0.717) is 31.6 Å². The van der Waals surface area contributed by atoms with E-state index in [-0.39, 0.29) is 0 Å². The predicted octanol–water partition coefficient (Wildman–Crippen LogP) is 4.72. The number of rotatable bonds is 9. The lowest BCUT2D eigenvalue weighted by Gasteiger charge is -2.48. The van der Waals surface area contributed by atoms with Gasteiger partial charge in [0.05, 0.1) is 10.8 Å². The molecule has 1 aliphatic rings. The lowest BCUT2D eigenvalue weighted by molar-refractivity contribution is -0.181. The van der Waals surface area contributed by atoms with Crippen molar-refractivity contribution < 1.29 is 19.8 Å². The van der Waals surface area contributed by atoms with Gasteiger partial charge in [-0.3, -0.25) is 9.59 Å². The standard InChI is InChI=1S/C18H32O4/c1-4-17(15(19)20)11-8-9-13-18(17,16(21)22)12-7-5-6-10-14(2)3/h14H,4-13H2,1-3H3,(H,19,20)(H,21,22). The Morgan fingerprint density at radius 2 is 1.50 bits per heavy atom. The summed E-state index contributed by atoms with van der Waals surface area (Å²) in [5.74, 6) is -1.16. The van der Waals surface area contributed by atoms with Crippen LogP contribution in [0.4, 0.5) is 0 Å². The van der Waals surface area contributed by atoms with Crippen molar-refractivity contribution in [3.63, 3.8) is 0 Å². The monoisotopic (exact) mass is 312 g/mol. The van der Waals surface area contributed by atoms with Crippen molar-refractivity contribution >= 4 is 11.9 Å². The van der Waals surface area contributed by atoms with Gasteiger partial charge in [-0.1, -0.05) is 59.3 Å². The van der Waals surface area contributed by atoms with Crippen LogP contribution in [0.1, 0.15) is 85.0 Å². The van der Waals surface area contributed by atoms with Gasteiger partial charge < -0.3 is 10.2 Å². The van der Waals surface area contributed by atoms with Crippen LogP contribution in [0.2, 0.25) is 0 Å². The maximum absolute atomic E-state index is 12.1. The summed E-state index contributed by atoms with van der Waals surface area (Å²) in [5, 5.41) is 19.7. The van der Waals surface area contributed by atoms with Crippen molar-refractivity contribution in [2.75, 3.05) is 0 Å². The van der Waals surface area contributed by atoms with Crippen LogP contribution >= 0.6 is 0 Å². The van der Waals surface area contributed by atoms with Crippen molar-refractivity contribution in [1.29, 1.82) is 0 Å². The number of aliphatic carboxylic acids is 2. The topological polar surface area (TPSA) is 74.6 Å². The SMILES string of the molecule is CCC1(C(=O)O)CCCCC1(CCCCCC(C)C)C(=O)O. The van der Waals surface area contributed by atoms with E-state index in [9.17, 15) is 19.8 Å². The molecule has 0 bridgehead atoms. The first-order valence-electron chi connectivity index (χ1n) is 8.79. The summed E-state index contributed by atoms with van der Waals surface area (Å²) < 4.78 is 0. The number of carbonyl (C=O) groups is 2. The summed E-state index contributed by atoms with van der Waals surface area (Å²) in [6.07, 6.45) is 7.61. The third kappa shape index (κ3) is 3.64. The first-order valence-corrected chi connectivity index (χ1v) is 8.79. The molecular weight excluding hydrogens is 280 g/mol. The van der Waals surface area contributed by atoms with Gasteiger partial charge in [0.15, 0.2) is 0 Å². The van der Waals surface area contributed by atoms with E-state index < -0.39 is 22.8 Å². The predicted molar refractivity (Wildman–Crippen MR) is 86.8 cm³/mol. The highest BCUT2D eigenvalue weighted by Gasteiger charge is 2.60. The molecular formula is C18H32O4. The molecule has 22 heavy (non-hydrogen) atoms. The van der Waals surface area contributed by atoms with Crippen LogP contribution < -0.4 is 0 Å². The molecule has 0 aromatic rings. The minimum Gasteiger partial charge on any atom is -0.481 e. The second-order valence-corrected chi connectivity index (χ2v) is 7.33. The van der Waals surface area contributed by atoms with Crippen LogP contribution in [0.25, 0.3) is 0 Å². The molecule has 0 amide bonds. The summed E-state index contributed by atoms with van der Waals surface area (Å²) in [4.78, 5) is 24.0. The smallest absolute Gasteiger partial charge is 0.310 e. The largest absolute Gasteiger partial charge is 0.481 e. The molecule has 0 aromatic carbocycles. The van der Waals surface area contributed by atoms with Gasteiger partial charge in [-0.05, 0) is 31.6 Å². The maximum Gasteiger partial charge on any atom is 0.310 e. The first-order chi connectivity index (χ1) is 10.3. The average Bonchev–Trinajstić information content (AvgIpc) is 2.46. The third-order valence-corrected chi connectivity index (χ3v) is 5.68. The van der Waals surface area contributed by atoms with Gasteiger partial charge in [0.25, 0.3) is 0 Å². The number of carboxylic acids is 2. The number of hydrogen-bond donors (Lipinski definition) is 2. The van der Waals surface area contributed by atoms with Crippen LogP contribution in [-0.2, 0) is 9.59 Å². The summed E-state index contributed by atoms with van der Waals surface area (Å²) >= 11 is 0. The van der Waals surface area contributed by atoms with Gasteiger partial charge in [-0.2, -0.15) is 0 Å². The van der Waals surface area contributed by atoms with Gasteiger partial charge in [-0.15, -0.1) is 0 Å². The highest BCUT2D eigenvalue weighted by Crippen LogP contribution is 2.56. The first kappa shape index (κ1) is 19.0. The van der Waals surface area contributed by atoms with E-state index in [2.05, 4.69) is 13.8 Å². The van der Waals surface area contributed by atoms with E-state index in [0.717, 1.165) is 38.5 Å². The molecule has 1 aliphatic carbocycles. The molecule has 4 nitrogen and oxygen atoms in total. The van der Waals surface area contributed by atoms with Crippen molar-refractivity contribution in [3.8, 4) is 0 Å². The van der Waals surface area contributed by atoms with Crippen LogP contribution in [-0.4, -0.2) is 22.2 Å². The molecule has 1 saturated carbocycles. The zero-order chi connectivity index (χ0) is 16.8. The molecule has 1 rings (SSSR count). The van der Waals surface area contributed by atoms with Crippen molar-refractivity contribution in [2.45, 2.75) is 85.0 Å². The maximum atomic E-state index is 12.1. The molecule has 0 saturated heterocycles. The van der Waals surface area contributed by atoms with Gasteiger partial charge >= 0.3 is 11.9 Å². The molecule has 0 aliphatic heterocycles. The van der Waals surface area contributed by atoms with Crippen LogP contribution in [0.3, 0.4) is 0 Å². The second-order valence-electron chi connectivity index (χ2n) is 7.33. The summed E-state index contributed by atoms with van der Waals surface area (Å²) in [6, 6.07) is 0. The third-order valence-electron chi connectivity index (χ3n) is 5.68. The molecule has 0 aromatic heterocycles. The summed E-state index contributed by atoms with van der Waals surface area (Å²) in [7, 11) is 0. The van der Waals surface area contributed by atoms with E-state index in [4.69, 9.17) is 0 Å². The highest BCUT2D eigenvalue weighted by molar-refractivity contribution is 5.87. The quantitative estimate of drug-likeness (QED) is 0.604. The molecule has 0 heterocycles. The minimum absolute atomic E-state index is 0.403. The Labute approximate surface area is 134 Å². The molecule has 128 valence electrons. The lowest BCUT2D eigenvalue weighted by Crippen LogP contribution is -2.54. The minimum atomic E-state index is -1.09. The van der Waals surface area contributed by atoms with E-state index >= 15 is 0 Å². The van der Waals surface area contributed by atoms with Gasteiger partial charge in [0.2, 0.25) is 0 Å². The zero-order valence-corrected chi connectivity index (χ0v) is 14.4. The van der Waals surface area contributed by atoms with Crippen LogP contribution in [0.5, 0.6) is 0 Å². The Morgan fingerprint density at radius 3 is 1.95 bits per heavy atom. The van der Waals surface area contributed by atoms with Crippen molar-refractivity contribution in [2.24, 2.45) is 16.7 Å².